The van der Waals surface area contributed by atoms with Crippen LogP contribution in [0, 0.1) is 0 Å². The van der Waals surface area contributed by atoms with E-state index in [1.165, 1.54) is 0 Å². The first-order valence-corrected chi connectivity index (χ1v) is 5.01. The number of hydrogen-bond donors (Lipinski definition) is 4. The molecule has 7 heteroatoms. The molecule has 0 aliphatic rings. The third-order valence-electron chi connectivity index (χ3n) is 1.04. The molecule has 0 bridgehead atoms. The molecule has 0 fully saturated rings. The van der Waals surface area contributed by atoms with Crippen molar-refractivity contribution < 1.29 is 17.5 Å². The van der Waals surface area contributed by atoms with Crippen LogP contribution in [0.4, 0.5) is 5.69 Å². The lowest BCUT2D eigenvalue weighted by Crippen LogP contribution is -2.14. The molecule has 0 radical (unpaired) electrons. The van der Waals surface area contributed by atoms with Crippen LogP contribution in [0.15, 0.2) is 30.3 Å². The second-order valence-corrected chi connectivity index (χ2v) is 3.08. The minimum Gasteiger partial charge on any atom is -0.322 e. The molecule has 6 nitrogen and oxygen atoms in total. The average Bonchev–Trinajstić information content (AvgIpc) is 2.03. The predicted octanol–water partition coefficient (Wildman–Crippen LogP) is 0.580. The quantitative estimate of drug-likeness (QED) is 0.430. The topological polar surface area (TPSA) is 98.7 Å². The molecule has 0 aliphatic carbocycles. The third kappa shape index (κ3) is 10.8. The van der Waals surface area contributed by atoms with E-state index < -0.39 is 10.4 Å². The molecular weight excluding hydrogens is 208 g/mol. The Balaban J connectivity index is 0.000000292. The molecule has 4 N–H and O–H groups in total. The molecule has 1 aromatic carbocycles. The zero-order valence-electron chi connectivity index (χ0n) is 7.51. The van der Waals surface area contributed by atoms with Crippen LogP contribution >= 0.6 is 0 Å². The standard InChI is InChI=1S/C7H10N2.H2O4S/c1-8-9-7-5-3-2-4-6-7;1-5(2,3)4/h2-6,8-9H,1H3;(H2,1,2,3,4). The van der Waals surface area contributed by atoms with Gasteiger partial charge >= 0.3 is 10.4 Å². The molecule has 0 amide bonds. The van der Waals surface area contributed by atoms with Gasteiger partial charge in [0.05, 0.1) is 0 Å². The third-order valence-corrected chi connectivity index (χ3v) is 1.04. The Morgan fingerprint density at radius 1 is 1.14 bits per heavy atom. The van der Waals surface area contributed by atoms with Gasteiger partial charge in [-0.15, -0.1) is 0 Å². The summed E-state index contributed by atoms with van der Waals surface area (Å²) in [6, 6.07) is 9.95. The summed E-state index contributed by atoms with van der Waals surface area (Å²) >= 11 is 0. The summed E-state index contributed by atoms with van der Waals surface area (Å²) < 4.78 is 31.6. The Bertz CT molecular complexity index is 330. The van der Waals surface area contributed by atoms with Crippen molar-refractivity contribution >= 4 is 16.1 Å². The molecule has 1 rings (SSSR count). The SMILES string of the molecule is CNNc1ccccc1.O=S(=O)(O)O. The van der Waals surface area contributed by atoms with Crippen LogP contribution in [0.25, 0.3) is 0 Å². The Kier molecular flexibility index (Phi) is 5.81. The number of hydrazine groups is 1. The maximum Gasteiger partial charge on any atom is 0.394 e. The van der Waals surface area contributed by atoms with Gasteiger partial charge in [-0.05, 0) is 12.1 Å². The highest BCUT2D eigenvalue weighted by molar-refractivity contribution is 7.79. The van der Waals surface area contributed by atoms with Crippen LogP contribution in [0.5, 0.6) is 0 Å². The molecule has 0 saturated heterocycles. The van der Waals surface area contributed by atoms with Gasteiger partial charge in [-0.1, -0.05) is 18.2 Å². The zero-order chi connectivity index (χ0) is 11.0. The maximum absolute atomic E-state index is 8.74. The van der Waals surface area contributed by atoms with Gasteiger partial charge in [0, 0.05) is 12.7 Å². The van der Waals surface area contributed by atoms with E-state index in [0.29, 0.717) is 0 Å². The summed E-state index contributed by atoms with van der Waals surface area (Å²) in [4.78, 5) is 0. The fraction of sp³-hybridized carbons (Fsp3) is 0.143. The molecule has 0 heterocycles. The van der Waals surface area contributed by atoms with E-state index in [1.54, 1.807) is 0 Å². The zero-order valence-corrected chi connectivity index (χ0v) is 8.32. The van der Waals surface area contributed by atoms with Crippen LogP contribution < -0.4 is 10.9 Å². The average molecular weight is 220 g/mol. The second kappa shape index (κ2) is 6.33. The number of benzene rings is 1. The van der Waals surface area contributed by atoms with Gasteiger partial charge in [0.15, 0.2) is 0 Å². The van der Waals surface area contributed by atoms with Crippen LogP contribution in [0.3, 0.4) is 0 Å². The summed E-state index contributed by atoms with van der Waals surface area (Å²) in [5.41, 5.74) is 6.87. The number of para-hydroxylation sites is 1. The first-order valence-electron chi connectivity index (χ1n) is 3.61. The number of hydrogen-bond acceptors (Lipinski definition) is 4. The van der Waals surface area contributed by atoms with Crippen molar-refractivity contribution in [3.05, 3.63) is 30.3 Å². The maximum atomic E-state index is 8.74. The first-order chi connectivity index (χ1) is 6.43. The Hall–Kier alpha value is -1.15. The van der Waals surface area contributed by atoms with E-state index in [0.717, 1.165) is 5.69 Å². The van der Waals surface area contributed by atoms with Crippen LogP contribution in [-0.4, -0.2) is 24.6 Å². The van der Waals surface area contributed by atoms with Crippen molar-refractivity contribution in [3.63, 3.8) is 0 Å². The highest BCUT2D eigenvalue weighted by atomic mass is 32.3. The first kappa shape index (κ1) is 12.8. The molecule has 0 aromatic heterocycles. The highest BCUT2D eigenvalue weighted by Gasteiger charge is 1.84. The van der Waals surface area contributed by atoms with Crippen molar-refractivity contribution in [1.29, 1.82) is 0 Å². The lowest BCUT2D eigenvalue weighted by molar-refractivity contribution is 0.381. The van der Waals surface area contributed by atoms with Gasteiger partial charge in [0.1, 0.15) is 0 Å². The largest absolute Gasteiger partial charge is 0.394 e. The molecule has 0 saturated carbocycles. The molecular formula is C7H12N2O4S. The summed E-state index contributed by atoms with van der Waals surface area (Å²) in [6.45, 7) is 0. The summed E-state index contributed by atoms with van der Waals surface area (Å²) in [7, 11) is -2.83. The fourth-order valence-electron chi connectivity index (χ4n) is 0.666. The highest BCUT2D eigenvalue weighted by Crippen LogP contribution is 2.01. The summed E-state index contributed by atoms with van der Waals surface area (Å²) in [6.07, 6.45) is 0. The van der Waals surface area contributed by atoms with E-state index in [4.69, 9.17) is 17.5 Å². The van der Waals surface area contributed by atoms with Crippen LogP contribution in [0.2, 0.25) is 0 Å². The van der Waals surface area contributed by atoms with Crippen molar-refractivity contribution in [3.8, 4) is 0 Å². The van der Waals surface area contributed by atoms with Crippen LogP contribution in [-0.2, 0) is 10.4 Å². The normalized spacial score (nSPS) is 9.93. The predicted molar refractivity (Wildman–Crippen MR) is 53.3 cm³/mol. The molecule has 14 heavy (non-hydrogen) atoms. The second-order valence-electron chi connectivity index (χ2n) is 2.19. The Morgan fingerprint density at radius 2 is 1.57 bits per heavy atom. The Morgan fingerprint density at radius 3 is 1.93 bits per heavy atom. The van der Waals surface area contributed by atoms with Crippen molar-refractivity contribution in [2.45, 2.75) is 0 Å². The van der Waals surface area contributed by atoms with E-state index in [9.17, 15) is 0 Å². The lowest BCUT2D eigenvalue weighted by Gasteiger charge is -2.00. The molecule has 80 valence electrons. The number of rotatable bonds is 2. The van der Waals surface area contributed by atoms with Gasteiger partial charge in [0.25, 0.3) is 0 Å². The minimum absolute atomic E-state index is 1.08. The van der Waals surface area contributed by atoms with Crippen molar-refractivity contribution in [1.82, 2.24) is 5.43 Å². The number of anilines is 1. The minimum atomic E-state index is -4.67. The Labute approximate surface area is 82.5 Å². The lowest BCUT2D eigenvalue weighted by atomic mass is 10.3. The summed E-state index contributed by atoms with van der Waals surface area (Å²) in [5.74, 6) is 0. The molecule has 0 unspecified atom stereocenters. The molecule has 0 atom stereocenters. The smallest absolute Gasteiger partial charge is 0.322 e. The van der Waals surface area contributed by atoms with Gasteiger partial charge in [0.2, 0.25) is 0 Å². The van der Waals surface area contributed by atoms with E-state index in [1.807, 2.05) is 37.4 Å². The van der Waals surface area contributed by atoms with Crippen LogP contribution in [0.1, 0.15) is 0 Å². The molecule has 0 aliphatic heterocycles. The van der Waals surface area contributed by atoms with Crippen molar-refractivity contribution in [2.24, 2.45) is 0 Å². The van der Waals surface area contributed by atoms with Crippen molar-refractivity contribution in [2.75, 3.05) is 12.5 Å². The monoisotopic (exact) mass is 220 g/mol. The van der Waals surface area contributed by atoms with Gasteiger partial charge in [-0.3, -0.25) is 9.11 Å². The fourth-order valence-corrected chi connectivity index (χ4v) is 0.666. The van der Waals surface area contributed by atoms with Gasteiger partial charge in [-0.25, -0.2) is 5.43 Å². The van der Waals surface area contributed by atoms with E-state index >= 15 is 0 Å². The summed E-state index contributed by atoms with van der Waals surface area (Å²) in [5, 5.41) is 0. The molecule has 0 spiro atoms. The van der Waals surface area contributed by atoms with Gasteiger partial charge < -0.3 is 5.43 Å². The van der Waals surface area contributed by atoms with Gasteiger partial charge in [-0.2, -0.15) is 8.42 Å². The molecule has 1 aromatic rings. The van der Waals surface area contributed by atoms with E-state index in [2.05, 4.69) is 10.9 Å². The van der Waals surface area contributed by atoms with E-state index in [-0.39, 0.29) is 0 Å². The number of nitrogens with one attached hydrogen (secondary N) is 2.